The third-order valence-corrected chi connectivity index (χ3v) is 11.5. The van der Waals surface area contributed by atoms with Gasteiger partial charge in [-0.15, -0.1) is 0 Å². The molecule has 2 nitrogen and oxygen atoms in total. The third-order valence-electron chi connectivity index (χ3n) is 11.5. The highest BCUT2D eigenvalue weighted by Gasteiger charge is 2.42. The summed E-state index contributed by atoms with van der Waals surface area (Å²) in [5.41, 5.74) is 18.0. The average molecular weight is 679 g/mol. The fraction of sp³-hybridized carbons (Fsp3) is 0.0980. The molecule has 3 aliphatic rings. The molecule has 53 heavy (non-hydrogen) atoms. The first kappa shape index (κ1) is 31.4. The van der Waals surface area contributed by atoms with Crippen molar-refractivity contribution in [1.82, 2.24) is 9.97 Å². The number of benzene rings is 6. The molecule has 3 aliphatic carbocycles. The molecule has 2 heteroatoms. The molecular weight excluding hydrogens is 641 g/mol. The van der Waals surface area contributed by atoms with Gasteiger partial charge in [-0.3, -0.25) is 0 Å². The molecule has 0 bridgehead atoms. The maximum Gasteiger partial charge on any atom is 0.160 e. The van der Waals surface area contributed by atoms with Gasteiger partial charge in [0.1, 0.15) is 0 Å². The van der Waals surface area contributed by atoms with Crippen LogP contribution in [0, 0.1) is 5.92 Å². The molecule has 0 N–H and O–H groups in total. The third kappa shape index (κ3) is 5.09. The van der Waals surface area contributed by atoms with Crippen LogP contribution in [0.3, 0.4) is 0 Å². The second kappa shape index (κ2) is 12.4. The highest BCUT2D eigenvalue weighted by atomic mass is 14.9. The lowest BCUT2D eigenvalue weighted by Crippen LogP contribution is -2.23. The Bertz CT molecular complexity index is 2610. The van der Waals surface area contributed by atoms with E-state index in [-0.39, 0.29) is 17.3 Å². The molecule has 0 saturated heterocycles. The number of rotatable bonds is 5. The maximum atomic E-state index is 5.32. The van der Waals surface area contributed by atoms with Crippen LogP contribution in [0.4, 0.5) is 0 Å². The van der Waals surface area contributed by atoms with Crippen LogP contribution in [0.5, 0.6) is 0 Å². The zero-order chi connectivity index (χ0) is 35.5. The van der Waals surface area contributed by atoms with Crippen LogP contribution in [0.25, 0.3) is 50.6 Å². The van der Waals surface area contributed by atoms with Crippen molar-refractivity contribution in [1.29, 1.82) is 0 Å². The zero-order valence-corrected chi connectivity index (χ0v) is 29.9. The highest BCUT2D eigenvalue weighted by Crippen LogP contribution is 2.55. The molecule has 0 aliphatic heterocycles. The minimum absolute atomic E-state index is 0.166. The topological polar surface area (TPSA) is 25.8 Å². The van der Waals surface area contributed by atoms with E-state index in [0.717, 1.165) is 28.3 Å². The van der Waals surface area contributed by atoms with Crippen LogP contribution < -0.4 is 0 Å². The van der Waals surface area contributed by atoms with Gasteiger partial charge in [-0.2, -0.15) is 0 Å². The Kier molecular flexibility index (Phi) is 7.33. The van der Waals surface area contributed by atoms with Crippen LogP contribution in [0.2, 0.25) is 0 Å². The van der Waals surface area contributed by atoms with Gasteiger partial charge in [0.15, 0.2) is 5.82 Å². The molecule has 10 rings (SSSR count). The van der Waals surface area contributed by atoms with Gasteiger partial charge >= 0.3 is 0 Å². The Balaban J connectivity index is 1.12. The van der Waals surface area contributed by atoms with Gasteiger partial charge in [-0.1, -0.05) is 196 Å². The molecule has 2 atom stereocenters. The van der Waals surface area contributed by atoms with Crippen molar-refractivity contribution in [2.24, 2.45) is 5.92 Å². The SMILES string of the molecule is CC1(C)c2cc(C3c4ccccc4C(c4ccc(-c5ccccc5)cc4)=C4C=CC=CC43)ccc2-c2nc(-c3ccccc3)nc(-c3ccccc3)c21. The van der Waals surface area contributed by atoms with E-state index in [9.17, 15) is 0 Å². The Labute approximate surface area is 311 Å². The van der Waals surface area contributed by atoms with E-state index in [1.54, 1.807) is 0 Å². The first-order chi connectivity index (χ1) is 26.1. The van der Waals surface area contributed by atoms with Crippen LogP contribution >= 0.6 is 0 Å². The molecule has 1 aromatic heterocycles. The Hall–Kier alpha value is -6.38. The fourth-order valence-corrected chi connectivity index (χ4v) is 8.99. The predicted molar refractivity (Wildman–Crippen MR) is 218 cm³/mol. The lowest BCUT2D eigenvalue weighted by molar-refractivity contribution is 0.635. The summed E-state index contributed by atoms with van der Waals surface area (Å²) in [7, 11) is 0. The molecular formula is C51H38N2. The van der Waals surface area contributed by atoms with E-state index in [0.29, 0.717) is 0 Å². The summed E-state index contributed by atoms with van der Waals surface area (Å²) < 4.78 is 0. The van der Waals surface area contributed by atoms with Crippen molar-refractivity contribution in [3.63, 3.8) is 0 Å². The van der Waals surface area contributed by atoms with Gasteiger partial charge in [0, 0.05) is 39.5 Å². The van der Waals surface area contributed by atoms with Crippen LogP contribution in [0.15, 0.2) is 188 Å². The Morgan fingerprint density at radius 3 is 1.85 bits per heavy atom. The normalized spacial score (nSPS) is 17.5. The van der Waals surface area contributed by atoms with Crippen LogP contribution in [-0.4, -0.2) is 9.97 Å². The van der Waals surface area contributed by atoms with E-state index >= 15 is 0 Å². The molecule has 0 fully saturated rings. The quantitative estimate of drug-likeness (QED) is 0.181. The summed E-state index contributed by atoms with van der Waals surface area (Å²) in [6, 6.07) is 57.0. The molecule has 6 aromatic carbocycles. The summed E-state index contributed by atoms with van der Waals surface area (Å²) in [6.45, 7) is 4.69. The van der Waals surface area contributed by atoms with Gasteiger partial charge in [-0.25, -0.2) is 9.97 Å². The number of nitrogens with zero attached hydrogens (tertiary/aromatic N) is 2. The van der Waals surface area contributed by atoms with E-state index in [2.05, 4.69) is 190 Å². The van der Waals surface area contributed by atoms with Gasteiger partial charge in [0.25, 0.3) is 0 Å². The fourth-order valence-electron chi connectivity index (χ4n) is 8.99. The molecule has 0 saturated carbocycles. The summed E-state index contributed by atoms with van der Waals surface area (Å²) >= 11 is 0. The number of fused-ring (bicyclic) bond motifs is 5. The smallest absolute Gasteiger partial charge is 0.160 e. The number of hydrogen-bond donors (Lipinski definition) is 0. The van der Waals surface area contributed by atoms with Gasteiger partial charge in [0.05, 0.1) is 11.4 Å². The van der Waals surface area contributed by atoms with Crippen LogP contribution in [0.1, 0.15) is 53.1 Å². The summed E-state index contributed by atoms with van der Waals surface area (Å²) in [5, 5.41) is 0. The predicted octanol–water partition coefficient (Wildman–Crippen LogP) is 12.5. The van der Waals surface area contributed by atoms with Gasteiger partial charge in [0.2, 0.25) is 0 Å². The largest absolute Gasteiger partial charge is 0.228 e. The molecule has 2 unspecified atom stereocenters. The second-order valence-electron chi connectivity index (χ2n) is 14.9. The maximum absolute atomic E-state index is 5.32. The Morgan fingerprint density at radius 1 is 0.509 bits per heavy atom. The van der Waals surface area contributed by atoms with Crippen molar-refractivity contribution in [3.05, 3.63) is 221 Å². The monoisotopic (exact) mass is 678 g/mol. The molecule has 7 aromatic rings. The van der Waals surface area contributed by atoms with Crippen molar-refractivity contribution >= 4 is 5.57 Å². The van der Waals surface area contributed by atoms with Gasteiger partial charge < -0.3 is 0 Å². The van der Waals surface area contributed by atoms with Crippen molar-refractivity contribution in [2.75, 3.05) is 0 Å². The molecule has 0 spiro atoms. The standard InChI is InChI=1S/C51H38N2/c1-51(2)44-32-38(30-31-43(44)49-47(51)48(36-18-8-4-9-19-36)52-50(53-49)37-20-10-5-11-21-37)46-41-24-14-12-22-39(41)45(40-23-13-15-25-42(40)46)35-28-26-34(27-29-35)33-16-6-3-7-17-33/h3-32,41,46H,1-2H3. The Morgan fingerprint density at radius 2 is 1.11 bits per heavy atom. The van der Waals surface area contributed by atoms with E-state index in [1.807, 2.05) is 6.07 Å². The summed E-state index contributed by atoms with van der Waals surface area (Å²) in [4.78, 5) is 10.6. The van der Waals surface area contributed by atoms with Crippen molar-refractivity contribution < 1.29 is 0 Å². The minimum atomic E-state index is -0.304. The lowest BCUT2D eigenvalue weighted by atomic mass is 9.66. The minimum Gasteiger partial charge on any atom is -0.228 e. The molecule has 0 radical (unpaired) electrons. The average Bonchev–Trinajstić information content (AvgIpc) is 3.45. The zero-order valence-electron chi connectivity index (χ0n) is 29.9. The molecule has 252 valence electrons. The number of aromatic nitrogens is 2. The first-order valence-electron chi connectivity index (χ1n) is 18.6. The van der Waals surface area contributed by atoms with Crippen LogP contribution in [-0.2, 0) is 5.41 Å². The van der Waals surface area contributed by atoms with Crippen molar-refractivity contribution in [3.8, 4) is 45.0 Å². The lowest BCUT2D eigenvalue weighted by Gasteiger charge is -2.37. The van der Waals surface area contributed by atoms with Gasteiger partial charge in [-0.05, 0) is 50.1 Å². The second-order valence-corrected chi connectivity index (χ2v) is 14.9. The van der Waals surface area contributed by atoms with E-state index in [1.165, 1.54) is 61.2 Å². The number of allylic oxidation sites excluding steroid dienone is 5. The van der Waals surface area contributed by atoms with E-state index in [4.69, 9.17) is 9.97 Å². The number of hydrogen-bond acceptors (Lipinski definition) is 2. The first-order valence-corrected chi connectivity index (χ1v) is 18.6. The molecule has 0 amide bonds. The van der Waals surface area contributed by atoms with E-state index < -0.39 is 0 Å². The summed E-state index contributed by atoms with van der Waals surface area (Å²) in [5.74, 6) is 1.13. The molecule has 1 heterocycles. The summed E-state index contributed by atoms with van der Waals surface area (Å²) in [6.07, 6.45) is 9.18. The van der Waals surface area contributed by atoms with Crippen molar-refractivity contribution in [2.45, 2.75) is 25.2 Å². The highest BCUT2D eigenvalue weighted by molar-refractivity contribution is 5.90.